The Morgan fingerprint density at radius 2 is 2.08 bits per heavy atom. The Kier molecular flexibility index (Phi) is 4.40. The van der Waals surface area contributed by atoms with Gasteiger partial charge in [0.1, 0.15) is 17.3 Å². The molecule has 0 aromatic carbocycles. The number of hydrogen-bond acceptors (Lipinski definition) is 4. The van der Waals surface area contributed by atoms with Gasteiger partial charge in [-0.3, -0.25) is 9.88 Å². The predicted molar refractivity (Wildman–Crippen MR) is 96.1 cm³/mol. The van der Waals surface area contributed by atoms with E-state index in [9.17, 15) is 0 Å². The molecule has 0 amide bonds. The van der Waals surface area contributed by atoms with Crippen molar-refractivity contribution < 1.29 is 4.42 Å². The van der Waals surface area contributed by atoms with Crippen LogP contribution in [0.5, 0.6) is 0 Å². The molecule has 1 aliphatic rings. The van der Waals surface area contributed by atoms with Crippen molar-refractivity contribution in [2.24, 2.45) is 0 Å². The van der Waals surface area contributed by atoms with Gasteiger partial charge in [-0.15, -0.1) is 0 Å². The molecule has 25 heavy (non-hydrogen) atoms. The molecule has 4 rings (SSSR count). The number of furan rings is 1. The third kappa shape index (κ3) is 3.37. The van der Waals surface area contributed by atoms with E-state index >= 15 is 0 Å². The molecule has 1 fully saturated rings. The number of aromatic nitrogens is 3. The summed E-state index contributed by atoms with van der Waals surface area (Å²) < 4.78 is 8.11. The quantitative estimate of drug-likeness (QED) is 0.709. The third-order valence-electron chi connectivity index (χ3n) is 4.97. The van der Waals surface area contributed by atoms with Gasteiger partial charge in [0.2, 0.25) is 0 Å². The Bertz CT molecular complexity index is 837. The van der Waals surface area contributed by atoms with Crippen LogP contribution in [-0.2, 0) is 13.1 Å². The highest BCUT2D eigenvalue weighted by Crippen LogP contribution is 2.33. The first-order chi connectivity index (χ1) is 12.2. The van der Waals surface area contributed by atoms with E-state index in [0.717, 1.165) is 43.4 Å². The van der Waals surface area contributed by atoms with Crippen LogP contribution in [0, 0.1) is 13.8 Å². The zero-order chi connectivity index (χ0) is 17.2. The molecule has 0 saturated carbocycles. The zero-order valence-electron chi connectivity index (χ0n) is 14.9. The number of pyridine rings is 1. The SMILES string of the molecule is Cc1ccc(CN2CCC[C@H]2c2ncc(C)n2Cc2cccnc2)o1. The van der Waals surface area contributed by atoms with E-state index in [1.54, 1.807) is 0 Å². The summed E-state index contributed by atoms with van der Waals surface area (Å²) in [5.74, 6) is 3.16. The fourth-order valence-electron chi connectivity index (χ4n) is 3.70. The average Bonchev–Trinajstić information content (AvgIpc) is 3.32. The van der Waals surface area contributed by atoms with Crippen LogP contribution in [0.25, 0.3) is 0 Å². The van der Waals surface area contributed by atoms with Gasteiger partial charge in [0.15, 0.2) is 0 Å². The number of imidazole rings is 1. The van der Waals surface area contributed by atoms with Gasteiger partial charge in [-0.05, 0) is 57.0 Å². The van der Waals surface area contributed by atoms with Gasteiger partial charge in [0, 0.05) is 24.3 Å². The summed E-state index contributed by atoms with van der Waals surface area (Å²) >= 11 is 0. The van der Waals surface area contributed by atoms with E-state index in [1.807, 2.05) is 37.6 Å². The van der Waals surface area contributed by atoms with Crippen molar-refractivity contribution in [2.45, 2.75) is 45.8 Å². The molecule has 0 aliphatic carbocycles. The maximum Gasteiger partial charge on any atom is 0.126 e. The number of likely N-dealkylation sites (tertiary alicyclic amines) is 1. The van der Waals surface area contributed by atoms with Crippen molar-refractivity contribution in [2.75, 3.05) is 6.54 Å². The Morgan fingerprint density at radius 1 is 1.16 bits per heavy atom. The topological polar surface area (TPSA) is 47.1 Å². The van der Waals surface area contributed by atoms with Crippen LogP contribution in [0.3, 0.4) is 0 Å². The van der Waals surface area contributed by atoms with Crippen LogP contribution in [0.1, 0.15) is 47.5 Å². The molecule has 4 heterocycles. The second-order valence-corrected chi connectivity index (χ2v) is 6.85. The van der Waals surface area contributed by atoms with Gasteiger partial charge in [-0.1, -0.05) is 6.07 Å². The molecule has 0 unspecified atom stereocenters. The molecule has 0 N–H and O–H groups in total. The van der Waals surface area contributed by atoms with Crippen molar-refractivity contribution in [3.05, 3.63) is 71.5 Å². The van der Waals surface area contributed by atoms with Crippen LogP contribution in [-0.4, -0.2) is 26.0 Å². The number of rotatable bonds is 5. The molecule has 1 saturated heterocycles. The van der Waals surface area contributed by atoms with Gasteiger partial charge < -0.3 is 8.98 Å². The lowest BCUT2D eigenvalue weighted by molar-refractivity contribution is 0.216. The van der Waals surface area contributed by atoms with Gasteiger partial charge in [-0.2, -0.15) is 0 Å². The normalized spacial score (nSPS) is 18.1. The predicted octanol–water partition coefficient (Wildman–Crippen LogP) is 3.87. The smallest absolute Gasteiger partial charge is 0.126 e. The summed E-state index contributed by atoms with van der Waals surface area (Å²) in [7, 11) is 0. The van der Waals surface area contributed by atoms with Crippen molar-refractivity contribution in [1.29, 1.82) is 0 Å². The minimum atomic E-state index is 0.343. The lowest BCUT2D eigenvalue weighted by Crippen LogP contribution is -2.25. The van der Waals surface area contributed by atoms with E-state index in [4.69, 9.17) is 9.40 Å². The maximum atomic E-state index is 5.78. The molecular weight excluding hydrogens is 312 g/mol. The summed E-state index contributed by atoms with van der Waals surface area (Å²) in [5, 5.41) is 0. The van der Waals surface area contributed by atoms with Gasteiger partial charge in [0.05, 0.1) is 19.1 Å². The highest BCUT2D eigenvalue weighted by molar-refractivity contribution is 5.16. The lowest BCUT2D eigenvalue weighted by atomic mass is 10.2. The molecule has 0 spiro atoms. The van der Waals surface area contributed by atoms with Crippen LogP contribution < -0.4 is 0 Å². The molecule has 1 aliphatic heterocycles. The van der Waals surface area contributed by atoms with Crippen molar-refractivity contribution in [3.63, 3.8) is 0 Å². The molecule has 0 bridgehead atoms. The van der Waals surface area contributed by atoms with E-state index in [1.165, 1.54) is 17.7 Å². The minimum absolute atomic E-state index is 0.343. The Labute approximate surface area is 148 Å². The molecule has 3 aromatic heterocycles. The first-order valence-corrected chi connectivity index (χ1v) is 8.91. The molecule has 5 heteroatoms. The Balaban J connectivity index is 1.58. The van der Waals surface area contributed by atoms with E-state index in [2.05, 4.69) is 33.5 Å². The van der Waals surface area contributed by atoms with Gasteiger partial charge in [-0.25, -0.2) is 4.98 Å². The van der Waals surface area contributed by atoms with Crippen LogP contribution in [0.4, 0.5) is 0 Å². The summed E-state index contributed by atoms with van der Waals surface area (Å²) in [4.78, 5) is 11.5. The average molecular weight is 336 g/mol. The number of nitrogens with zero attached hydrogens (tertiary/aromatic N) is 4. The molecule has 0 radical (unpaired) electrons. The third-order valence-corrected chi connectivity index (χ3v) is 4.97. The fourth-order valence-corrected chi connectivity index (χ4v) is 3.70. The van der Waals surface area contributed by atoms with Crippen LogP contribution in [0.2, 0.25) is 0 Å². The highest BCUT2D eigenvalue weighted by Gasteiger charge is 2.30. The van der Waals surface area contributed by atoms with Crippen molar-refractivity contribution >= 4 is 0 Å². The van der Waals surface area contributed by atoms with E-state index < -0.39 is 0 Å². The monoisotopic (exact) mass is 336 g/mol. The highest BCUT2D eigenvalue weighted by atomic mass is 16.3. The van der Waals surface area contributed by atoms with E-state index in [-0.39, 0.29) is 0 Å². The summed E-state index contributed by atoms with van der Waals surface area (Å²) in [5.41, 5.74) is 2.40. The summed E-state index contributed by atoms with van der Waals surface area (Å²) in [6.07, 6.45) is 8.07. The van der Waals surface area contributed by atoms with E-state index in [0.29, 0.717) is 6.04 Å². The first-order valence-electron chi connectivity index (χ1n) is 8.91. The second kappa shape index (κ2) is 6.84. The zero-order valence-corrected chi connectivity index (χ0v) is 14.9. The van der Waals surface area contributed by atoms with Crippen LogP contribution >= 0.6 is 0 Å². The van der Waals surface area contributed by atoms with Crippen molar-refractivity contribution in [1.82, 2.24) is 19.4 Å². The Morgan fingerprint density at radius 3 is 2.84 bits per heavy atom. The first kappa shape index (κ1) is 16.1. The molecular formula is C20H24N4O. The minimum Gasteiger partial charge on any atom is -0.465 e. The largest absolute Gasteiger partial charge is 0.465 e. The fraction of sp³-hybridized carbons (Fsp3) is 0.400. The summed E-state index contributed by atoms with van der Waals surface area (Å²) in [6, 6.07) is 8.57. The van der Waals surface area contributed by atoms with Gasteiger partial charge >= 0.3 is 0 Å². The molecule has 3 aromatic rings. The Hall–Kier alpha value is -2.40. The number of aryl methyl sites for hydroxylation is 2. The van der Waals surface area contributed by atoms with Gasteiger partial charge in [0.25, 0.3) is 0 Å². The standard InChI is InChI=1S/C20H24N4O/c1-15-11-22-20(24(15)13-17-5-3-9-21-12-17)19-6-4-10-23(19)14-18-8-7-16(2)25-18/h3,5,7-9,11-12,19H,4,6,10,13-14H2,1-2H3/t19-/m0/s1. The summed E-state index contributed by atoms with van der Waals surface area (Å²) in [6.45, 7) is 6.87. The molecule has 1 atom stereocenters. The number of hydrogen-bond donors (Lipinski definition) is 0. The van der Waals surface area contributed by atoms with Crippen molar-refractivity contribution in [3.8, 4) is 0 Å². The molecule has 5 nitrogen and oxygen atoms in total. The maximum absolute atomic E-state index is 5.78. The van der Waals surface area contributed by atoms with Crippen LogP contribution in [0.15, 0.2) is 47.3 Å². The molecule has 130 valence electrons. The lowest BCUT2D eigenvalue weighted by Gasteiger charge is -2.24. The second-order valence-electron chi connectivity index (χ2n) is 6.85.